The number of hydrogen-bond acceptors (Lipinski definition) is 5. The number of nitrogens with one attached hydrogen (secondary N) is 1. The molecule has 0 aliphatic heterocycles. The molecule has 0 aliphatic carbocycles. The molecule has 0 spiro atoms. The molecular weight excluding hydrogens is 380 g/mol. The summed E-state index contributed by atoms with van der Waals surface area (Å²) in [4.78, 5) is 24.0. The van der Waals surface area contributed by atoms with Crippen molar-refractivity contribution >= 4 is 23.5 Å². The van der Waals surface area contributed by atoms with Crippen molar-refractivity contribution in [2.45, 2.75) is 13.8 Å². The lowest BCUT2D eigenvalue weighted by Crippen LogP contribution is -2.13. The van der Waals surface area contributed by atoms with Crippen molar-refractivity contribution in [3.05, 3.63) is 77.6 Å². The van der Waals surface area contributed by atoms with Gasteiger partial charge in [0, 0.05) is 22.9 Å². The van der Waals surface area contributed by atoms with Crippen LogP contribution >= 0.6 is 0 Å². The smallest absolute Gasteiger partial charge is 0.266 e. The molecule has 6 nitrogen and oxygen atoms in total. The van der Waals surface area contributed by atoms with Gasteiger partial charge in [-0.15, -0.1) is 0 Å². The van der Waals surface area contributed by atoms with Crippen LogP contribution in [0.25, 0.3) is 17.4 Å². The normalized spacial score (nSPS) is 10.9. The van der Waals surface area contributed by atoms with Crippen LogP contribution in [0.5, 0.6) is 5.75 Å². The lowest BCUT2D eigenvalue weighted by molar-refractivity contribution is -0.112. The fraction of sp³-hybridized carbons (Fsp3) is 0.125. The summed E-state index contributed by atoms with van der Waals surface area (Å²) in [5.41, 5.74) is 1.76. The average molecular weight is 400 g/mol. The van der Waals surface area contributed by atoms with Crippen molar-refractivity contribution in [3.8, 4) is 23.1 Å². The first-order valence-corrected chi connectivity index (χ1v) is 9.37. The molecule has 1 amide bonds. The van der Waals surface area contributed by atoms with E-state index in [4.69, 9.17) is 9.15 Å². The van der Waals surface area contributed by atoms with Crippen molar-refractivity contribution < 1.29 is 18.7 Å². The quantitative estimate of drug-likeness (QED) is 0.339. The van der Waals surface area contributed by atoms with Crippen LogP contribution in [0.3, 0.4) is 0 Å². The summed E-state index contributed by atoms with van der Waals surface area (Å²) in [7, 11) is 0. The van der Waals surface area contributed by atoms with E-state index in [1.54, 1.807) is 54.6 Å². The molecule has 0 saturated heterocycles. The van der Waals surface area contributed by atoms with Crippen molar-refractivity contribution in [1.29, 1.82) is 5.26 Å². The predicted octanol–water partition coefficient (Wildman–Crippen LogP) is 5.09. The molecule has 1 N–H and O–H groups in total. The van der Waals surface area contributed by atoms with Crippen LogP contribution in [0.4, 0.5) is 5.69 Å². The van der Waals surface area contributed by atoms with Gasteiger partial charge in [-0.2, -0.15) is 5.26 Å². The molecule has 0 bridgehead atoms. The number of rotatable bonds is 7. The largest absolute Gasteiger partial charge is 0.494 e. The van der Waals surface area contributed by atoms with Crippen molar-refractivity contribution in [2.24, 2.45) is 0 Å². The number of ketones is 1. The van der Waals surface area contributed by atoms with Gasteiger partial charge in [0.05, 0.1) is 6.61 Å². The standard InChI is InChI=1S/C24H20N2O4/c1-3-29-21-9-7-20(8-10-21)26-24(28)19(15-25)14-22-11-12-23(30-22)18-6-4-5-17(13-18)16(2)27/h4-14H,3H2,1-2H3,(H,26,28)/b19-14-. The molecule has 0 unspecified atom stereocenters. The summed E-state index contributed by atoms with van der Waals surface area (Å²) >= 11 is 0. The maximum Gasteiger partial charge on any atom is 0.266 e. The van der Waals surface area contributed by atoms with E-state index in [1.165, 1.54) is 13.0 Å². The topological polar surface area (TPSA) is 92.3 Å². The van der Waals surface area contributed by atoms with Gasteiger partial charge in [0.2, 0.25) is 0 Å². The summed E-state index contributed by atoms with van der Waals surface area (Å²) in [6.07, 6.45) is 1.38. The fourth-order valence-electron chi connectivity index (χ4n) is 2.77. The summed E-state index contributed by atoms with van der Waals surface area (Å²) in [6.45, 7) is 3.94. The Bertz CT molecular complexity index is 1130. The van der Waals surface area contributed by atoms with E-state index >= 15 is 0 Å². The summed E-state index contributed by atoms with van der Waals surface area (Å²) in [5, 5.41) is 12.1. The zero-order valence-electron chi connectivity index (χ0n) is 16.6. The number of carbonyl (C=O) groups is 2. The van der Waals surface area contributed by atoms with Crippen LogP contribution in [0.2, 0.25) is 0 Å². The maximum absolute atomic E-state index is 12.4. The maximum atomic E-state index is 12.4. The van der Waals surface area contributed by atoms with Crippen molar-refractivity contribution in [2.75, 3.05) is 11.9 Å². The minimum absolute atomic E-state index is 0.0405. The van der Waals surface area contributed by atoms with Gasteiger partial charge in [-0.3, -0.25) is 9.59 Å². The van der Waals surface area contributed by atoms with Crippen molar-refractivity contribution in [3.63, 3.8) is 0 Å². The van der Waals surface area contributed by atoms with Gasteiger partial charge in [-0.25, -0.2) is 0 Å². The number of anilines is 1. The lowest BCUT2D eigenvalue weighted by atomic mass is 10.1. The van der Waals surface area contributed by atoms with Crippen LogP contribution in [0.15, 0.2) is 70.7 Å². The van der Waals surface area contributed by atoms with Crippen LogP contribution in [0, 0.1) is 11.3 Å². The summed E-state index contributed by atoms with van der Waals surface area (Å²) < 4.78 is 11.1. The fourth-order valence-corrected chi connectivity index (χ4v) is 2.77. The third-order valence-electron chi connectivity index (χ3n) is 4.26. The van der Waals surface area contributed by atoms with Gasteiger partial charge in [0.25, 0.3) is 5.91 Å². The Kier molecular flexibility index (Phi) is 6.46. The van der Waals surface area contributed by atoms with E-state index in [9.17, 15) is 14.9 Å². The van der Waals surface area contributed by atoms with Crippen LogP contribution in [0.1, 0.15) is 30.0 Å². The first kappa shape index (κ1) is 20.6. The third kappa shape index (κ3) is 5.03. The second kappa shape index (κ2) is 9.39. The molecular formula is C24H20N2O4. The van der Waals surface area contributed by atoms with Gasteiger partial charge in [-0.05, 0) is 56.3 Å². The van der Waals surface area contributed by atoms with Gasteiger partial charge in [-0.1, -0.05) is 18.2 Å². The molecule has 1 heterocycles. The number of Topliss-reactive ketones (excluding diaryl/α,β-unsaturated/α-hetero) is 1. The molecule has 1 aromatic heterocycles. The predicted molar refractivity (Wildman–Crippen MR) is 114 cm³/mol. The highest BCUT2D eigenvalue weighted by atomic mass is 16.5. The average Bonchev–Trinajstić information content (AvgIpc) is 3.22. The molecule has 6 heteroatoms. The lowest BCUT2D eigenvalue weighted by Gasteiger charge is -2.06. The minimum Gasteiger partial charge on any atom is -0.494 e. The number of nitriles is 1. The van der Waals surface area contributed by atoms with Crippen molar-refractivity contribution in [1.82, 2.24) is 0 Å². The molecule has 3 rings (SSSR count). The Balaban J connectivity index is 1.76. The molecule has 0 fully saturated rings. The van der Waals surface area contributed by atoms with E-state index in [2.05, 4.69) is 5.32 Å². The number of amides is 1. The molecule has 0 atom stereocenters. The Morgan fingerprint density at radius 3 is 2.57 bits per heavy atom. The SMILES string of the molecule is CCOc1ccc(NC(=O)/C(C#N)=C\c2ccc(-c3cccc(C(C)=O)c3)o2)cc1. The number of benzene rings is 2. The Labute approximate surface area is 174 Å². The minimum atomic E-state index is -0.543. The number of hydrogen-bond donors (Lipinski definition) is 1. The second-order valence-corrected chi connectivity index (χ2v) is 6.42. The van der Waals surface area contributed by atoms with Gasteiger partial charge >= 0.3 is 0 Å². The first-order chi connectivity index (χ1) is 14.5. The zero-order chi connectivity index (χ0) is 21.5. The molecule has 0 saturated carbocycles. The highest BCUT2D eigenvalue weighted by Crippen LogP contribution is 2.25. The molecule has 3 aromatic rings. The first-order valence-electron chi connectivity index (χ1n) is 9.37. The summed E-state index contributed by atoms with van der Waals surface area (Å²) in [5.74, 6) is 1.01. The molecule has 30 heavy (non-hydrogen) atoms. The van der Waals surface area contributed by atoms with E-state index in [0.717, 1.165) is 5.56 Å². The highest BCUT2D eigenvalue weighted by molar-refractivity contribution is 6.09. The number of ether oxygens (including phenoxy) is 1. The van der Waals surface area contributed by atoms with E-state index in [-0.39, 0.29) is 11.4 Å². The van der Waals surface area contributed by atoms with Crippen LogP contribution in [-0.2, 0) is 4.79 Å². The molecule has 0 aliphatic rings. The number of nitrogens with zero attached hydrogens (tertiary/aromatic N) is 1. The highest BCUT2D eigenvalue weighted by Gasteiger charge is 2.12. The molecule has 0 radical (unpaired) electrons. The monoisotopic (exact) mass is 400 g/mol. The van der Waals surface area contributed by atoms with E-state index in [1.807, 2.05) is 19.1 Å². The number of furan rings is 1. The Morgan fingerprint density at radius 2 is 1.90 bits per heavy atom. The second-order valence-electron chi connectivity index (χ2n) is 6.42. The van der Waals surface area contributed by atoms with Crippen LogP contribution < -0.4 is 10.1 Å². The van der Waals surface area contributed by atoms with Gasteiger partial charge in [0.15, 0.2) is 5.78 Å². The molecule has 2 aromatic carbocycles. The Hall–Kier alpha value is -4.11. The molecule has 150 valence electrons. The van der Waals surface area contributed by atoms with E-state index < -0.39 is 5.91 Å². The van der Waals surface area contributed by atoms with Gasteiger partial charge in [0.1, 0.15) is 28.9 Å². The Morgan fingerprint density at radius 1 is 1.13 bits per heavy atom. The third-order valence-corrected chi connectivity index (χ3v) is 4.26. The zero-order valence-corrected chi connectivity index (χ0v) is 16.6. The van der Waals surface area contributed by atoms with Crippen LogP contribution in [-0.4, -0.2) is 18.3 Å². The number of carbonyl (C=O) groups excluding carboxylic acids is 2. The van der Waals surface area contributed by atoms with E-state index in [0.29, 0.717) is 35.1 Å². The van der Waals surface area contributed by atoms with Gasteiger partial charge < -0.3 is 14.5 Å². The summed E-state index contributed by atoms with van der Waals surface area (Å²) in [6, 6.07) is 19.2.